The Balaban J connectivity index is 2.12. The molecule has 0 saturated heterocycles. The van der Waals surface area contributed by atoms with Crippen molar-refractivity contribution in [3.63, 3.8) is 0 Å². The van der Waals surface area contributed by atoms with Crippen LogP contribution in [0.1, 0.15) is 40.5 Å². The summed E-state index contributed by atoms with van der Waals surface area (Å²) in [6.07, 6.45) is 5.07. The molecule has 20 heavy (non-hydrogen) atoms. The van der Waals surface area contributed by atoms with E-state index in [0.29, 0.717) is 12.2 Å². The molecule has 3 heteroatoms. The number of hydrogen-bond acceptors (Lipinski definition) is 3. The first-order valence-corrected chi connectivity index (χ1v) is 7.24. The third-order valence-electron chi connectivity index (χ3n) is 5.87. The third kappa shape index (κ3) is 1.18. The Morgan fingerprint density at radius 2 is 2.05 bits per heavy atom. The van der Waals surface area contributed by atoms with Gasteiger partial charge in [0.2, 0.25) is 0 Å². The van der Waals surface area contributed by atoms with Crippen molar-refractivity contribution in [2.24, 2.45) is 22.2 Å². The first-order chi connectivity index (χ1) is 9.25. The highest BCUT2D eigenvalue weighted by molar-refractivity contribution is 6.23. The Hall–Kier alpha value is -1.38. The summed E-state index contributed by atoms with van der Waals surface area (Å²) in [5.74, 6) is 0.796. The molecular weight excluding hydrogens is 252 g/mol. The van der Waals surface area contributed by atoms with Gasteiger partial charge < -0.3 is 4.74 Å². The second kappa shape index (κ2) is 3.63. The molecule has 3 nitrogen and oxygen atoms in total. The maximum atomic E-state index is 13.1. The van der Waals surface area contributed by atoms with Gasteiger partial charge >= 0.3 is 0 Å². The number of Topliss-reactive ketones (excluding diaryl/α,β-unsaturated/α-hetero) is 1. The van der Waals surface area contributed by atoms with Gasteiger partial charge in [-0.1, -0.05) is 25.5 Å². The van der Waals surface area contributed by atoms with E-state index in [9.17, 15) is 9.59 Å². The van der Waals surface area contributed by atoms with Gasteiger partial charge in [0, 0.05) is 6.08 Å². The molecule has 0 aliphatic heterocycles. The van der Waals surface area contributed by atoms with Crippen LogP contribution in [0, 0.1) is 22.2 Å². The first kappa shape index (κ1) is 13.6. The molecule has 108 valence electrons. The van der Waals surface area contributed by atoms with Crippen LogP contribution in [0.25, 0.3) is 0 Å². The maximum absolute atomic E-state index is 13.1. The zero-order valence-electron chi connectivity index (χ0n) is 12.9. The van der Waals surface area contributed by atoms with Crippen LogP contribution in [0.2, 0.25) is 0 Å². The summed E-state index contributed by atoms with van der Waals surface area (Å²) in [4.78, 5) is 25.6. The fraction of sp³-hybridized carbons (Fsp3) is 0.647. The van der Waals surface area contributed by atoms with E-state index in [1.54, 1.807) is 13.2 Å². The minimum absolute atomic E-state index is 0.0420. The molecule has 1 unspecified atom stereocenters. The predicted molar refractivity (Wildman–Crippen MR) is 75.9 cm³/mol. The van der Waals surface area contributed by atoms with Gasteiger partial charge in [-0.25, -0.2) is 0 Å². The van der Waals surface area contributed by atoms with E-state index in [-0.39, 0.29) is 22.9 Å². The van der Waals surface area contributed by atoms with Crippen LogP contribution in [0.4, 0.5) is 0 Å². The smallest absolute Gasteiger partial charge is 0.173 e. The quantitative estimate of drug-likeness (QED) is 0.587. The van der Waals surface area contributed by atoms with Crippen molar-refractivity contribution >= 4 is 11.6 Å². The molecule has 0 heterocycles. The van der Waals surface area contributed by atoms with Gasteiger partial charge in [0.25, 0.3) is 0 Å². The summed E-state index contributed by atoms with van der Waals surface area (Å²) in [5.41, 5.74) is -0.357. The molecule has 3 atom stereocenters. The SMILES string of the molecule is COC1=CC(=O)[C@]23C(=O)[C@@]1(CC=C(C)C)CC2C3(C)C. The van der Waals surface area contributed by atoms with Crippen LogP contribution in [0.3, 0.4) is 0 Å². The average molecular weight is 274 g/mol. The largest absolute Gasteiger partial charge is 0.500 e. The number of ketones is 2. The molecule has 2 saturated carbocycles. The van der Waals surface area contributed by atoms with Crippen LogP contribution in [-0.4, -0.2) is 18.7 Å². The van der Waals surface area contributed by atoms with Crippen molar-refractivity contribution in [2.75, 3.05) is 7.11 Å². The highest BCUT2D eigenvalue weighted by Crippen LogP contribution is 2.81. The Morgan fingerprint density at radius 1 is 1.40 bits per heavy atom. The number of fused-ring (bicyclic) bond motifs is 1. The summed E-state index contributed by atoms with van der Waals surface area (Å²) < 4.78 is 5.42. The summed E-state index contributed by atoms with van der Waals surface area (Å²) in [6, 6.07) is 0. The summed E-state index contributed by atoms with van der Waals surface area (Å²) >= 11 is 0. The summed E-state index contributed by atoms with van der Waals surface area (Å²) in [5, 5.41) is 0. The number of allylic oxidation sites excluding steroid dienone is 4. The standard InChI is InChI=1S/C17H22O3/c1-10(2)6-7-16-9-11-15(3,4)17(11,14(16)19)12(18)8-13(16)20-5/h6,8,11H,7,9H2,1-5H3/t11?,16-,17-/m0/s1. The van der Waals surface area contributed by atoms with E-state index in [1.807, 2.05) is 27.7 Å². The Kier molecular flexibility index (Phi) is 2.47. The first-order valence-electron chi connectivity index (χ1n) is 7.24. The molecule has 0 radical (unpaired) electrons. The molecule has 3 aliphatic carbocycles. The lowest BCUT2D eigenvalue weighted by Gasteiger charge is -2.37. The number of methoxy groups -OCH3 is 1. The van der Waals surface area contributed by atoms with Crippen molar-refractivity contribution in [1.82, 2.24) is 0 Å². The van der Waals surface area contributed by atoms with Crippen LogP contribution in [0.15, 0.2) is 23.5 Å². The molecule has 0 aromatic carbocycles. The molecular formula is C17H22O3. The van der Waals surface area contributed by atoms with Crippen molar-refractivity contribution in [3.8, 4) is 0 Å². The second-order valence-corrected chi connectivity index (χ2v) is 7.26. The van der Waals surface area contributed by atoms with E-state index < -0.39 is 10.8 Å². The van der Waals surface area contributed by atoms with E-state index in [2.05, 4.69) is 6.08 Å². The predicted octanol–water partition coefficient (Wildman–Crippen LogP) is 3.06. The van der Waals surface area contributed by atoms with Crippen molar-refractivity contribution in [2.45, 2.75) is 40.5 Å². The lowest BCUT2D eigenvalue weighted by atomic mass is 9.66. The molecule has 0 aromatic rings. The molecule has 3 aliphatic rings. The number of carbonyl (C=O) groups is 2. The maximum Gasteiger partial charge on any atom is 0.173 e. The van der Waals surface area contributed by atoms with E-state index >= 15 is 0 Å². The number of rotatable bonds is 3. The topological polar surface area (TPSA) is 43.4 Å². The number of carbonyl (C=O) groups excluding carboxylic acids is 2. The lowest BCUT2D eigenvalue weighted by molar-refractivity contribution is -0.140. The van der Waals surface area contributed by atoms with Crippen LogP contribution < -0.4 is 0 Å². The zero-order chi connectivity index (χ0) is 14.9. The molecule has 0 N–H and O–H groups in total. The fourth-order valence-electron chi connectivity index (χ4n) is 4.64. The molecule has 2 bridgehead atoms. The minimum Gasteiger partial charge on any atom is -0.500 e. The third-order valence-corrected chi connectivity index (χ3v) is 5.87. The average Bonchev–Trinajstić information content (AvgIpc) is 2.74. The highest BCUT2D eigenvalue weighted by atomic mass is 16.5. The van der Waals surface area contributed by atoms with E-state index in [0.717, 1.165) is 6.42 Å². The van der Waals surface area contributed by atoms with Gasteiger partial charge in [0.05, 0.1) is 12.5 Å². The van der Waals surface area contributed by atoms with Gasteiger partial charge in [-0.15, -0.1) is 0 Å². The minimum atomic E-state index is -0.759. The molecule has 1 spiro atoms. The van der Waals surface area contributed by atoms with Crippen LogP contribution in [0.5, 0.6) is 0 Å². The molecule has 3 rings (SSSR count). The zero-order valence-corrected chi connectivity index (χ0v) is 12.9. The van der Waals surface area contributed by atoms with Gasteiger partial charge in [-0.05, 0) is 38.0 Å². The van der Waals surface area contributed by atoms with E-state index in [1.165, 1.54) is 5.57 Å². The van der Waals surface area contributed by atoms with Crippen molar-refractivity contribution in [3.05, 3.63) is 23.5 Å². The summed E-state index contributed by atoms with van der Waals surface area (Å²) in [7, 11) is 1.56. The number of ether oxygens (including phenoxy) is 1. The lowest BCUT2D eigenvalue weighted by Crippen LogP contribution is -2.44. The Bertz CT molecular complexity index is 577. The number of hydrogen-bond donors (Lipinski definition) is 0. The van der Waals surface area contributed by atoms with Gasteiger partial charge in [-0.2, -0.15) is 0 Å². The van der Waals surface area contributed by atoms with Gasteiger partial charge in [-0.3, -0.25) is 9.59 Å². The second-order valence-electron chi connectivity index (χ2n) is 7.26. The van der Waals surface area contributed by atoms with Crippen LogP contribution >= 0.6 is 0 Å². The van der Waals surface area contributed by atoms with Gasteiger partial charge in [0.15, 0.2) is 11.6 Å². The Morgan fingerprint density at radius 3 is 2.60 bits per heavy atom. The van der Waals surface area contributed by atoms with E-state index in [4.69, 9.17) is 4.74 Å². The highest BCUT2D eigenvalue weighted by Gasteiger charge is 2.87. The monoisotopic (exact) mass is 274 g/mol. The fourth-order valence-corrected chi connectivity index (χ4v) is 4.64. The van der Waals surface area contributed by atoms with Crippen molar-refractivity contribution < 1.29 is 14.3 Å². The van der Waals surface area contributed by atoms with Crippen molar-refractivity contribution in [1.29, 1.82) is 0 Å². The normalized spacial score (nSPS) is 40.0. The molecule has 0 amide bonds. The summed E-state index contributed by atoms with van der Waals surface area (Å²) in [6.45, 7) is 8.15. The Labute approximate surface area is 120 Å². The molecule has 2 fully saturated rings. The van der Waals surface area contributed by atoms with Crippen LogP contribution in [-0.2, 0) is 14.3 Å². The van der Waals surface area contributed by atoms with Gasteiger partial charge in [0.1, 0.15) is 11.2 Å². The molecule has 0 aromatic heterocycles.